The molecule has 2 rings (SSSR count). The van der Waals surface area contributed by atoms with Crippen molar-refractivity contribution in [2.24, 2.45) is 0 Å². The summed E-state index contributed by atoms with van der Waals surface area (Å²) in [6.45, 7) is 2.05. The number of anilines is 3. The van der Waals surface area contributed by atoms with Gasteiger partial charge in [0, 0.05) is 22.4 Å². The molecule has 16 heavy (non-hydrogen) atoms. The minimum Gasteiger partial charge on any atom is -0.384 e. The molecule has 4 heteroatoms. The van der Waals surface area contributed by atoms with E-state index < -0.39 is 0 Å². The van der Waals surface area contributed by atoms with Crippen LogP contribution < -0.4 is 11.1 Å². The highest BCUT2D eigenvalue weighted by molar-refractivity contribution is 9.10. The van der Waals surface area contributed by atoms with Crippen LogP contribution in [0.5, 0.6) is 0 Å². The van der Waals surface area contributed by atoms with E-state index in [0.29, 0.717) is 5.82 Å². The molecule has 0 aliphatic rings. The van der Waals surface area contributed by atoms with Crippen LogP contribution in [0, 0.1) is 6.92 Å². The van der Waals surface area contributed by atoms with Gasteiger partial charge in [0.05, 0.1) is 5.69 Å². The molecule has 2 aromatic rings. The highest BCUT2D eigenvalue weighted by Crippen LogP contribution is 2.26. The Hall–Kier alpha value is -1.55. The van der Waals surface area contributed by atoms with Gasteiger partial charge in [0.1, 0.15) is 5.82 Å². The van der Waals surface area contributed by atoms with Gasteiger partial charge in [-0.15, -0.1) is 0 Å². The molecular formula is C12H12BrN3. The number of benzene rings is 1. The molecule has 0 fully saturated rings. The number of nitrogens with zero attached hydrogens (tertiary/aromatic N) is 1. The molecule has 3 nitrogen and oxygen atoms in total. The zero-order valence-electron chi connectivity index (χ0n) is 8.87. The summed E-state index contributed by atoms with van der Waals surface area (Å²) < 4.78 is 1.02. The van der Waals surface area contributed by atoms with E-state index in [9.17, 15) is 0 Å². The molecule has 0 atom stereocenters. The van der Waals surface area contributed by atoms with Gasteiger partial charge in [-0.25, -0.2) is 4.98 Å². The van der Waals surface area contributed by atoms with E-state index in [0.717, 1.165) is 15.8 Å². The van der Waals surface area contributed by atoms with Gasteiger partial charge in [-0.05, 0) is 46.6 Å². The van der Waals surface area contributed by atoms with Crippen molar-refractivity contribution < 1.29 is 0 Å². The van der Waals surface area contributed by atoms with Crippen molar-refractivity contribution in [2.75, 3.05) is 11.1 Å². The van der Waals surface area contributed by atoms with Crippen molar-refractivity contribution in [3.63, 3.8) is 0 Å². The molecule has 0 aliphatic heterocycles. The zero-order chi connectivity index (χ0) is 11.5. The number of aromatic nitrogens is 1. The number of nitrogens with two attached hydrogens (primary N) is 1. The Kier molecular flexibility index (Phi) is 3.10. The smallest absolute Gasteiger partial charge is 0.125 e. The summed E-state index contributed by atoms with van der Waals surface area (Å²) >= 11 is 3.50. The second-order valence-corrected chi connectivity index (χ2v) is 4.43. The zero-order valence-corrected chi connectivity index (χ0v) is 10.5. The number of pyridine rings is 1. The van der Waals surface area contributed by atoms with Crippen LogP contribution in [0.25, 0.3) is 0 Å². The molecule has 1 aromatic heterocycles. The maximum absolute atomic E-state index is 5.62. The van der Waals surface area contributed by atoms with Gasteiger partial charge in [-0.2, -0.15) is 0 Å². The van der Waals surface area contributed by atoms with Crippen molar-refractivity contribution in [3.05, 3.63) is 46.6 Å². The molecule has 0 amide bonds. The Bertz CT molecular complexity index is 511. The Morgan fingerprint density at radius 1 is 1.25 bits per heavy atom. The molecule has 0 radical (unpaired) electrons. The van der Waals surface area contributed by atoms with E-state index >= 15 is 0 Å². The third-order valence-electron chi connectivity index (χ3n) is 2.18. The maximum Gasteiger partial charge on any atom is 0.125 e. The maximum atomic E-state index is 5.62. The minimum absolute atomic E-state index is 0.508. The number of nitrogen functional groups attached to an aromatic ring is 1. The van der Waals surface area contributed by atoms with Crippen LogP contribution in [0.15, 0.2) is 41.0 Å². The number of halogens is 1. The van der Waals surface area contributed by atoms with Crippen LogP contribution in [0.2, 0.25) is 0 Å². The van der Waals surface area contributed by atoms with Crippen molar-refractivity contribution in [1.82, 2.24) is 4.98 Å². The molecule has 1 heterocycles. The summed E-state index contributed by atoms with van der Waals surface area (Å²) in [5.74, 6) is 0.508. The van der Waals surface area contributed by atoms with E-state index in [-0.39, 0.29) is 0 Å². The summed E-state index contributed by atoms with van der Waals surface area (Å²) in [5, 5.41) is 3.29. The van der Waals surface area contributed by atoms with Crippen molar-refractivity contribution >= 4 is 33.1 Å². The molecule has 0 aliphatic carbocycles. The first-order chi connectivity index (χ1) is 7.65. The Morgan fingerprint density at radius 2 is 2.06 bits per heavy atom. The number of hydrogen-bond acceptors (Lipinski definition) is 3. The highest BCUT2D eigenvalue weighted by Gasteiger charge is 2.01. The van der Waals surface area contributed by atoms with Gasteiger partial charge in [0.2, 0.25) is 0 Å². The molecule has 0 spiro atoms. The lowest BCUT2D eigenvalue weighted by Crippen LogP contribution is -1.95. The second kappa shape index (κ2) is 4.53. The van der Waals surface area contributed by atoms with Crippen LogP contribution in [0.1, 0.15) is 5.56 Å². The van der Waals surface area contributed by atoms with Gasteiger partial charge in [-0.1, -0.05) is 6.07 Å². The van der Waals surface area contributed by atoms with E-state index in [1.165, 1.54) is 5.56 Å². The topological polar surface area (TPSA) is 50.9 Å². The Labute approximate surface area is 103 Å². The average molecular weight is 278 g/mol. The third-order valence-corrected chi connectivity index (χ3v) is 2.87. The molecule has 3 N–H and O–H groups in total. The van der Waals surface area contributed by atoms with Crippen LogP contribution >= 0.6 is 15.9 Å². The van der Waals surface area contributed by atoms with Crippen LogP contribution in [0.4, 0.5) is 17.2 Å². The van der Waals surface area contributed by atoms with E-state index in [4.69, 9.17) is 5.73 Å². The Morgan fingerprint density at radius 3 is 2.81 bits per heavy atom. The van der Waals surface area contributed by atoms with E-state index in [1.807, 2.05) is 12.1 Å². The SMILES string of the molecule is Cc1ccc(Br)c(Nc2ccnc(N)c2)c1. The highest BCUT2D eigenvalue weighted by atomic mass is 79.9. The number of nitrogens with one attached hydrogen (secondary N) is 1. The summed E-state index contributed by atoms with van der Waals surface area (Å²) in [6.07, 6.45) is 1.68. The fourth-order valence-corrected chi connectivity index (χ4v) is 1.76. The third kappa shape index (κ3) is 2.52. The van der Waals surface area contributed by atoms with Crippen molar-refractivity contribution in [3.8, 4) is 0 Å². The monoisotopic (exact) mass is 277 g/mol. The average Bonchev–Trinajstić information content (AvgIpc) is 2.24. The molecular weight excluding hydrogens is 266 g/mol. The molecule has 1 aromatic carbocycles. The molecule has 0 unspecified atom stereocenters. The van der Waals surface area contributed by atoms with E-state index in [2.05, 4.69) is 45.3 Å². The second-order valence-electron chi connectivity index (χ2n) is 3.58. The summed E-state index contributed by atoms with van der Waals surface area (Å²) in [4.78, 5) is 3.95. The summed E-state index contributed by atoms with van der Waals surface area (Å²) in [5.41, 5.74) is 8.77. The molecule has 0 saturated carbocycles. The first-order valence-electron chi connectivity index (χ1n) is 4.90. The lowest BCUT2D eigenvalue weighted by atomic mass is 10.2. The predicted octanol–water partition coefficient (Wildman–Crippen LogP) is 3.48. The quantitative estimate of drug-likeness (QED) is 0.884. The lowest BCUT2D eigenvalue weighted by Gasteiger charge is -2.09. The number of aryl methyl sites for hydroxylation is 1. The number of hydrogen-bond donors (Lipinski definition) is 2. The summed E-state index contributed by atoms with van der Waals surface area (Å²) in [6, 6.07) is 9.82. The first kappa shape index (κ1) is 11.0. The van der Waals surface area contributed by atoms with Crippen molar-refractivity contribution in [2.45, 2.75) is 6.92 Å². The van der Waals surface area contributed by atoms with Gasteiger partial charge in [0.15, 0.2) is 0 Å². The van der Waals surface area contributed by atoms with Gasteiger partial charge in [0.25, 0.3) is 0 Å². The van der Waals surface area contributed by atoms with Gasteiger partial charge < -0.3 is 11.1 Å². The fourth-order valence-electron chi connectivity index (χ4n) is 1.42. The first-order valence-corrected chi connectivity index (χ1v) is 5.69. The standard InChI is InChI=1S/C12H12BrN3/c1-8-2-3-10(13)11(6-8)16-9-4-5-15-12(14)7-9/h2-7H,1H3,(H3,14,15,16). The van der Waals surface area contributed by atoms with Gasteiger partial charge in [-0.3, -0.25) is 0 Å². The fraction of sp³-hybridized carbons (Fsp3) is 0.0833. The van der Waals surface area contributed by atoms with E-state index in [1.54, 1.807) is 12.3 Å². The van der Waals surface area contributed by atoms with Crippen LogP contribution in [-0.4, -0.2) is 4.98 Å². The lowest BCUT2D eigenvalue weighted by molar-refractivity contribution is 1.33. The Balaban J connectivity index is 2.30. The number of rotatable bonds is 2. The minimum atomic E-state index is 0.508. The largest absolute Gasteiger partial charge is 0.384 e. The normalized spacial score (nSPS) is 10.1. The summed E-state index contributed by atoms with van der Waals surface area (Å²) in [7, 11) is 0. The molecule has 0 saturated heterocycles. The molecule has 82 valence electrons. The van der Waals surface area contributed by atoms with Gasteiger partial charge >= 0.3 is 0 Å². The predicted molar refractivity (Wildman–Crippen MR) is 70.8 cm³/mol. The molecule has 0 bridgehead atoms. The van der Waals surface area contributed by atoms with Crippen molar-refractivity contribution in [1.29, 1.82) is 0 Å². The van der Waals surface area contributed by atoms with Crippen LogP contribution in [0.3, 0.4) is 0 Å². The van der Waals surface area contributed by atoms with Crippen LogP contribution in [-0.2, 0) is 0 Å².